The van der Waals surface area contributed by atoms with Crippen molar-refractivity contribution in [3.05, 3.63) is 42.5 Å². The molecule has 1 aromatic carbocycles. The summed E-state index contributed by atoms with van der Waals surface area (Å²) in [6.45, 7) is 0.720. The lowest BCUT2D eigenvalue weighted by Crippen LogP contribution is -2.42. The number of ether oxygens (including phenoxy) is 1. The van der Waals surface area contributed by atoms with Crippen LogP contribution in [-0.2, 0) is 10.0 Å². The Hall–Kier alpha value is -2.26. The summed E-state index contributed by atoms with van der Waals surface area (Å²) in [7, 11) is -2.14. The third kappa shape index (κ3) is 4.05. The summed E-state index contributed by atoms with van der Waals surface area (Å²) < 4.78 is 44.9. The summed E-state index contributed by atoms with van der Waals surface area (Å²) in [4.78, 5) is 8.06. The summed E-state index contributed by atoms with van der Waals surface area (Å²) in [6.07, 6.45) is 2.66. The SMILES string of the molecule is COc1cc(NC2CCN(S(=O)(=O)c3cccc(F)c3)CC2)ncn1. The lowest BCUT2D eigenvalue weighted by molar-refractivity contribution is 0.329. The van der Waals surface area contributed by atoms with E-state index in [-0.39, 0.29) is 10.9 Å². The number of aromatic nitrogens is 2. The number of anilines is 1. The first kappa shape index (κ1) is 17.6. The molecule has 1 saturated heterocycles. The van der Waals surface area contributed by atoms with Gasteiger partial charge in [0, 0.05) is 25.2 Å². The standard InChI is InChI=1S/C16H19FN4O3S/c1-24-16-10-15(18-11-19-16)20-13-5-7-21(8-6-13)25(22,23)14-4-2-3-12(17)9-14/h2-4,9-11,13H,5-8H2,1H3,(H,18,19,20). The average Bonchev–Trinajstić information content (AvgIpc) is 2.62. The predicted octanol–water partition coefficient (Wildman–Crippen LogP) is 1.89. The molecule has 25 heavy (non-hydrogen) atoms. The van der Waals surface area contributed by atoms with E-state index in [2.05, 4.69) is 15.3 Å². The zero-order valence-corrected chi connectivity index (χ0v) is 14.5. The molecule has 134 valence electrons. The smallest absolute Gasteiger partial charge is 0.243 e. The van der Waals surface area contributed by atoms with Gasteiger partial charge in [0.2, 0.25) is 15.9 Å². The van der Waals surface area contributed by atoms with E-state index in [1.807, 2.05) is 0 Å². The van der Waals surface area contributed by atoms with Crippen molar-refractivity contribution in [3.8, 4) is 5.88 Å². The van der Waals surface area contributed by atoms with E-state index < -0.39 is 15.8 Å². The Kier molecular flexibility index (Phi) is 5.14. The van der Waals surface area contributed by atoms with Gasteiger partial charge in [-0.1, -0.05) is 6.07 Å². The molecule has 0 atom stereocenters. The summed E-state index contributed by atoms with van der Waals surface area (Å²) in [5.74, 6) is 0.539. The average molecular weight is 366 g/mol. The quantitative estimate of drug-likeness (QED) is 0.870. The van der Waals surface area contributed by atoms with Gasteiger partial charge in [0.25, 0.3) is 0 Å². The molecule has 1 aromatic heterocycles. The Bertz CT molecular complexity index is 839. The van der Waals surface area contributed by atoms with Gasteiger partial charge in [-0.3, -0.25) is 0 Å². The number of sulfonamides is 1. The third-order valence-electron chi connectivity index (χ3n) is 4.09. The number of nitrogens with zero attached hydrogens (tertiary/aromatic N) is 3. The van der Waals surface area contributed by atoms with Crippen molar-refractivity contribution in [1.82, 2.24) is 14.3 Å². The van der Waals surface area contributed by atoms with Gasteiger partial charge in [-0.05, 0) is 31.0 Å². The maximum Gasteiger partial charge on any atom is 0.243 e. The molecule has 0 saturated carbocycles. The topological polar surface area (TPSA) is 84.4 Å². The summed E-state index contributed by atoms with van der Waals surface area (Å²) >= 11 is 0. The molecule has 0 unspecified atom stereocenters. The van der Waals surface area contributed by atoms with Crippen molar-refractivity contribution in [2.75, 3.05) is 25.5 Å². The van der Waals surface area contributed by atoms with Crippen LogP contribution >= 0.6 is 0 Å². The van der Waals surface area contributed by atoms with Gasteiger partial charge in [0.05, 0.1) is 12.0 Å². The van der Waals surface area contributed by atoms with Crippen molar-refractivity contribution in [2.24, 2.45) is 0 Å². The van der Waals surface area contributed by atoms with Crippen LogP contribution in [0.2, 0.25) is 0 Å². The highest BCUT2D eigenvalue weighted by Gasteiger charge is 2.29. The fourth-order valence-corrected chi connectivity index (χ4v) is 4.26. The Labute approximate surface area is 145 Å². The minimum absolute atomic E-state index is 0.0144. The lowest BCUT2D eigenvalue weighted by atomic mass is 10.1. The van der Waals surface area contributed by atoms with Gasteiger partial charge < -0.3 is 10.1 Å². The van der Waals surface area contributed by atoms with Gasteiger partial charge in [0.15, 0.2) is 0 Å². The molecule has 0 bridgehead atoms. The molecule has 2 aromatic rings. The highest BCUT2D eigenvalue weighted by Crippen LogP contribution is 2.23. The highest BCUT2D eigenvalue weighted by atomic mass is 32.2. The number of halogens is 1. The van der Waals surface area contributed by atoms with Gasteiger partial charge in [-0.25, -0.2) is 22.8 Å². The maximum absolute atomic E-state index is 13.3. The Morgan fingerprint density at radius 1 is 1.24 bits per heavy atom. The van der Waals surface area contributed by atoms with Crippen molar-refractivity contribution in [1.29, 1.82) is 0 Å². The van der Waals surface area contributed by atoms with E-state index in [0.717, 1.165) is 6.07 Å². The zero-order valence-electron chi connectivity index (χ0n) is 13.7. The van der Waals surface area contributed by atoms with Crippen LogP contribution in [0.3, 0.4) is 0 Å². The van der Waals surface area contributed by atoms with Crippen LogP contribution in [0.4, 0.5) is 10.2 Å². The van der Waals surface area contributed by atoms with Crippen molar-refractivity contribution < 1.29 is 17.5 Å². The van der Waals surface area contributed by atoms with Crippen LogP contribution in [0.25, 0.3) is 0 Å². The predicted molar refractivity (Wildman–Crippen MR) is 90.4 cm³/mol. The molecule has 1 fully saturated rings. The van der Waals surface area contributed by atoms with Gasteiger partial charge in [-0.15, -0.1) is 0 Å². The Balaban J connectivity index is 1.63. The molecule has 9 heteroatoms. The van der Waals surface area contributed by atoms with Gasteiger partial charge in [0.1, 0.15) is 18.0 Å². The second kappa shape index (κ2) is 7.32. The molecule has 1 N–H and O–H groups in total. The Morgan fingerprint density at radius 3 is 2.68 bits per heavy atom. The van der Waals surface area contributed by atoms with Crippen LogP contribution in [0, 0.1) is 5.82 Å². The molecular weight excluding hydrogens is 347 g/mol. The van der Waals surface area contributed by atoms with E-state index >= 15 is 0 Å². The fourth-order valence-electron chi connectivity index (χ4n) is 2.76. The molecule has 2 heterocycles. The van der Waals surface area contributed by atoms with Gasteiger partial charge >= 0.3 is 0 Å². The van der Waals surface area contributed by atoms with E-state index in [1.165, 1.54) is 35.9 Å². The number of methoxy groups -OCH3 is 1. The van der Waals surface area contributed by atoms with Crippen molar-refractivity contribution in [3.63, 3.8) is 0 Å². The molecular formula is C16H19FN4O3S. The van der Waals surface area contributed by atoms with Crippen LogP contribution in [-0.4, -0.2) is 48.9 Å². The monoisotopic (exact) mass is 366 g/mol. The first-order valence-corrected chi connectivity index (χ1v) is 9.31. The van der Waals surface area contributed by atoms with E-state index in [9.17, 15) is 12.8 Å². The van der Waals surface area contributed by atoms with Crippen molar-refractivity contribution in [2.45, 2.75) is 23.8 Å². The first-order valence-electron chi connectivity index (χ1n) is 7.87. The van der Waals surface area contributed by atoms with Crippen LogP contribution in [0.15, 0.2) is 41.6 Å². The fraction of sp³-hybridized carbons (Fsp3) is 0.375. The lowest BCUT2D eigenvalue weighted by Gasteiger charge is -2.31. The summed E-state index contributed by atoms with van der Waals surface area (Å²) in [5, 5.41) is 3.26. The molecule has 3 rings (SSSR count). The maximum atomic E-state index is 13.3. The second-order valence-electron chi connectivity index (χ2n) is 5.73. The van der Waals surface area contributed by atoms with Crippen LogP contribution in [0.1, 0.15) is 12.8 Å². The third-order valence-corrected chi connectivity index (χ3v) is 5.99. The van der Waals surface area contributed by atoms with E-state index in [0.29, 0.717) is 37.6 Å². The molecule has 1 aliphatic heterocycles. The van der Waals surface area contributed by atoms with Gasteiger partial charge in [-0.2, -0.15) is 4.31 Å². The molecule has 1 aliphatic rings. The summed E-state index contributed by atoms with van der Waals surface area (Å²) in [5.41, 5.74) is 0. The second-order valence-corrected chi connectivity index (χ2v) is 7.66. The van der Waals surface area contributed by atoms with Crippen LogP contribution in [0.5, 0.6) is 5.88 Å². The summed E-state index contributed by atoms with van der Waals surface area (Å²) in [6, 6.07) is 6.88. The van der Waals surface area contributed by atoms with Crippen molar-refractivity contribution >= 4 is 15.8 Å². The highest BCUT2D eigenvalue weighted by molar-refractivity contribution is 7.89. The molecule has 0 spiro atoms. The minimum atomic E-state index is -3.67. The molecule has 0 amide bonds. The van der Waals surface area contributed by atoms with E-state index in [1.54, 1.807) is 6.07 Å². The number of hydrogen-bond acceptors (Lipinski definition) is 6. The minimum Gasteiger partial charge on any atom is -0.481 e. The first-order chi connectivity index (χ1) is 12.0. The molecule has 0 aliphatic carbocycles. The number of rotatable bonds is 5. The molecule has 0 radical (unpaired) electrons. The Morgan fingerprint density at radius 2 is 2.00 bits per heavy atom. The number of hydrogen-bond donors (Lipinski definition) is 1. The normalized spacial score (nSPS) is 16.6. The number of piperidine rings is 1. The molecule has 7 nitrogen and oxygen atoms in total. The number of nitrogens with one attached hydrogen (secondary N) is 1. The largest absolute Gasteiger partial charge is 0.481 e. The van der Waals surface area contributed by atoms with Crippen LogP contribution < -0.4 is 10.1 Å². The number of benzene rings is 1. The zero-order chi connectivity index (χ0) is 17.9. The van der Waals surface area contributed by atoms with E-state index in [4.69, 9.17) is 4.74 Å².